The van der Waals surface area contributed by atoms with E-state index in [9.17, 15) is 0 Å². The molecule has 6 heteroatoms. The Hall–Kier alpha value is 1.52. The summed E-state index contributed by atoms with van der Waals surface area (Å²) in [6.45, 7) is 0. The van der Waals surface area contributed by atoms with Crippen molar-refractivity contribution in [3.63, 3.8) is 0 Å². The van der Waals surface area contributed by atoms with Crippen LogP contribution in [-0.2, 0) is 34.1 Å². The van der Waals surface area contributed by atoms with E-state index < -0.39 is 0 Å². The van der Waals surface area contributed by atoms with E-state index in [1.54, 1.807) is 0 Å². The summed E-state index contributed by atoms with van der Waals surface area (Å²) in [5, 5.41) is 0. The summed E-state index contributed by atoms with van der Waals surface area (Å²) in [5.74, 6) is 0. The molecule has 0 radical (unpaired) electrons. The van der Waals surface area contributed by atoms with Crippen LogP contribution in [0.25, 0.3) is 0 Å². The Morgan fingerprint density at radius 3 is 0.500 bits per heavy atom. The van der Waals surface area contributed by atoms with Crippen molar-refractivity contribution in [2.45, 2.75) is 0 Å². The Morgan fingerprint density at radius 2 is 0.500 bits per heavy atom. The number of hydrogen-bond acceptors (Lipinski definition) is 0. The van der Waals surface area contributed by atoms with E-state index in [2.05, 4.69) is 0 Å². The van der Waals surface area contributed by atoms with Gasteiger partial charge in [0.05, 0.1) is 0 Å². The van der Waals surface area contributed by atoms with E-state index in [4.69, 9.17) is 0 Å². The Labute approximate surface area is 69.3 Å². The van der Waals surface area contributed by atoms with Crippen LogP contribution in [0.15, 0.2) is 0 Å². The van der Waals surface area contributed by atoms with E-state index in [1.165, 1.54) is 0 Å². The van der Waals surface area contributed by atoms with Crippen molar-refractivity contribution in [2.75, 3.05) is 0 Å². The second-order valence-corrected chi connectivity index (χ2v) is 0. The molecule has 42 valence electrons. The van der Waals surface area contributed by atoms with Crippen LogP contribution in [-0.4, -0.2) is 35.3 Å². The Balaban J connectivity index is 0. The summed E-state index contributed by atoms with van der Waals surface area (Å²) in [6.07, 6.45) is 0. The predicted molar refractivity (Wildman–Crippen MR) is 18.0 cm³/mol. The number of rotatable bonds is 0. The van der Waals surface area contributed by atoms with Gasteiger partial charge in [-0.1, -0.05) is 0 Å². The van der Waals surface area contributed by atoms with Gasteiger partial charge in [0.1, 0.15) is 0 Å². The van der Waals surface area contributed by atoms with Gasteiger partial charge in [0.2, 0.25) is 0 Å². The van der Waals surface area contributed by atoms with Gasteiger partial charge in [-0.15, -0.1) is 0 Å². The van der Waals surface area contributed by atoms with Crippen molar-refractivity contribution in [1.82, 2.24) is 0 Å². The molecule has 6 heavy (non-hydrogen) atoms. The van der Waals surface area contributed by atoms with Crippen molar-refractivity contribution in [1.29, 1.82) is 0 Å². The molecule has 3 nitrogen and oxygen atoms in total. The first-order chi connectivity index (χ1) is 0. The molecule has 0 aromatic rings. The molecular formula is H7Fe2LiO3. The molecule has 0 fully saturated rings. The van der Waals surface area contributed by atoms with Gasteiger partial charge in [-0.05, 0) is 0 Å². The zero-order chi connectivity index (χ0) is 0. The van der Waals surface area contributed by atoms with Gasteiger partial charge < -0.3 is 16.4 Å². The second kappa shape index (κ2) is 86.2. The van der Waals surface area contributed by atoms with Crippen molar-refractivity contribution in [3.05, 3.63) is 0 Å². The van der Waals surface area contributed by atoms with Gasteiger partial charge >= 0.3 is 18.9 Å². The zero-order valence-electron chi connectivity index (χ0n) is 2.21. The monoisotopic (exact) mass is 174 g/mol. The summed E-state index contributed by atoms with van der Waals surface area (Å²) < 4.78 is 0. The molecule has 0 atom stereocenters. The van der Waals surface area contributed by atoms with Crippen LogP contribution in [0, 0.1) is 0 Å². The minimum absolute atomic E-state index is 0. The molecule has 0 bridgehead atoms. The molecular weight excluding hydrogens is 167 g/mol. The average molecular weight is 174 g/mol. The van der Waals surface area contributed by atoms with Crippen LogP contribution in [0.2, 0.25) is 0 Å². The summed E-state index contributed by atoms with van der Waals surface area (Å²) in [4.78, 5) is 0. The Bertz CT molecular complexity index is 8.75. The fraction of sp³-hybridized carbons (Fsp3) is 0. The molecule has 0 saturated heterocycles. The molecule has 0 aliphatic heterocycles. The van der Waals surface area contributed by atoms with E-state index in [0.717, 1.165) is 0 Å². The van der Waals surface area contributed by atoms with E-state index in [-0.39, 0.29) is 69.4 Å². The quantitative estimate of drug-likeness (QED) is 0.347. The molecule has 0 aliphatic carbocycles. The summed E-state index contributed by atoms with van der Waals surface area (Å²) in [7, 11) is 0. The van der Waals surface area contributed by atoms with Crippen LogP contribution < -0.4 is 0 Å². The Morgan fingerprint density at radius 1 is 0.500 bits per heavy atom. The zero-order valence-corrected chi connectivity index (χ0v) is 4.42. The van der Waals surface area contributed by atoms with Gasteiger partial charge in [-0.3, -0.25) is 0 Å². The first-order valence-electron chi connectivity index (χ1n) is 0. The summed E-state index contributed by atoms with van der Waals surface area (Å²) in [5.41, 5.74) is 0. The van der Waals surface area contributed by atoms with Crippen molar-refractivity contribution in [2.24, 2.45) is 0 Å². The third-order valence-electron chi connectivity index (χ3n) is 0. The van der Waals surface area contributed by atoms with Gasteiger partial charge in [-0.25, -0.2) is 0 Å². The van der Waals surface area contributed by atoms with Gasteiger partial charge in [0, 0.05) is 34.1 Å². The molecule has 0 rings (SSSR count). The first-order valence-corrected chi connectivity index (χ1v) is 0. The van der Waals surface area contributed by atoms with Crippen LogP contribution >= 0.6 is 0 Å². The molecule has 0 amide bonds. The van der Waals surface area contributed by atoms with Crippen LogP contribution in [0.5, 0.6) is 0 Å². The standard InChI is InChI=1S/2Fe.Li.3H2O.H/h;;;3*1H2;. The van der Waals surface area contributed by atoms with Crippen molar-refractivity contribution in [3.8, 4) is 0 Å². The Kier molecular flexibility index (Phi) is 2000. The number of hydrogen-bond donors (Lipinski definition) is 0. The van der Waals surface area contributed by atoms with Crippen LogP contribution in [0.1, 0.15) is 0 Å². The maximum absolute atomic E-state index is 0. The van der Waals surface area contributed by atoms with Gasteiger partial charge in [-0.2, -0.15) is 0 Å². The second-order valence-electron chi connectivity index (χ2n) is 0. The first kappa shape index (κ1) is 139. The molecule has 0 saturated carbocycles. The molecule has 0 heterocycles. The SMILES string of the molecule is O.O.O.[Fe].[Fe].[LiH]. The average Bonchev–Trinajstić information content (AvgIpc) is 0. The van der Waals surface area contributed by atoms with Crippen LogP contribution in [0.3, 0.4) is 0 Å². The summed E-state index contributed by atoms with van der Waals surface area (Å²) in [6, 6.07) is 0. The molecule has 0 aliphatic rings. The van der Waals surface area contributed by atoms with E-state index in [1.807, 2.05) is 0 Å². The van der Waals surface area contributed by atoms with Crippen LogP contribution in [0.4, 0.5) is 0 Å². The predicted octanol–water partition coefficient (Wildman–Crippen LogP) is -3.13. The van der Waals surface area contributed by atoms with E-state index >= 15 is 0 Å². The summed E-state index contributed by atoms with van der Waals surface area (Å²) >= 11 is 0. The fourth-order valence-corrected chi connectivity index (χ4v) is 0. The van der Waals surface area contributed by atoms with E-state index in [0.29, 0.717) is 0 Å². The minimum atomic E-state index is 0. The molecule has 0 aromatic heterocycles. The molecule has 0 aromatic carbocycles. The third-order valence-corrected chi connectivity index (χ3v) is 0. The van der Waals surface area contributed by atoms with Gasteiger partial charge in [0.15, 0.2) is 0 Å². The molecule has 6 N–H and O–H groups in total. The molecule has 0 unspecified atom stereocenters. The normalized spacial score (nSPS) is 0. The maximum atomic E-state index is 0. The molecule has 0 spiro atoms. The van der Waals surface area contributed by atoms with Crippen molar-refractivity contribution < 1.29 is 50.6 Å². The topological polar surface area (TPSA) is 94.5 Å². The van der Waals surface area contributed by atoms with Gasteiger partial charge in [0.25, 0.3) is 0 Å². The fourth-order valence-electron chi connectivity index (χ4n) is 0. The van der Waals surface area contributed by atoms with Crippen molar-refractivity contribution >= 4 is 18.9 Å². The third kappa shape index (κ3) is 48.9.